The summed E-state index contributed by atoms with van der Waals surface area (Å²) < 4.78 is 5.38. The third kappa shape index (κ3) is 4.28. The summed E-state index contributed by atoms with van der Waals surface area (Å²) in [6.07, 6.45) is 0.0947. The molecule has 4 rings (SSSR count). The minimum Gasteiger partial charge on any atom is -0.378 e. The van der Waals surface area contributed by atoms with E-state index in [9.17, 15) is 14.4 Å². The molecule has 156 valence electrons. The summed E-state index contributed by atoms with van der Waals surface area (Å²) in [6.45, 7) is 4.59. The van der Waals surface area contributed by atoms with Crippen LogP contribution in [0, 0.1) is 0 Å². The number of hydrogen-bond donors (Lipinski definition) is 2. The van der Waals surface area contributed by atoms with Crippen LogP contribution < -0.4 is 20.4 Å². The van der Waals surface area contributed by atoms with E-state index >= 15 is 0 Å². The summed E-state index contributed by atoms with van der Waals surface area (Å²) >= 11 is 0. The Bertz CT molecular complexity index is 937. The Kier molecular flexibility index (Phi) is 5.67. The molecule has 2 aromatic carbocycles. The molecule has 0 saturated carbocycles. The first-order valence-corrected chi connectivity index (χ1v) is 9.95. The van der Waals surface area contributed by atoms with Crippen molar-refractivity contribution in [2.45, 2.75) is 19.4 Å². The molecule has 0 bridgehead atoms. The van der Waals surface area contributed by atoms with Crippen LogP contribution in [0.1, 0.15) is 13.3 Å². The molecular weight excluding hydrogens is 384 g/mol. The molecule has 2 aliphatic rings. The molecular formula is C22H24N4O4. The molecule has 1 unspecified atom stereocenters. The van der Waals surface area contributed by atoms with Crippen molar-refractivity contribution in [3.05, 3.63) is 48.5 Å². The molecule has 1 atom stereocenters. The monoisotopic (exact) mass is 408 g/mol. The van der Waals surface area contributed by atoms with Crippen LogP contribution in [0.25, 0.3) is 0 Å². The lowest BCUT2D eigenvalue weighted by molar-refractivity contribution is -0.121. The summed E-state index contributed by atoms with van der Waals surface area (Å²) in [4.78, 5) is 39.9. The molecule has 8 heteroatoms. The number of nitrogens with zero attached hydrogens (tertiary/aromatic N) is 2. The number of morpholine rings is 1. The van der Waals surface area contributed by atoms with Gasteiger partial charge in [-0.15, -0.1) is 0 Å². The van der Waals surface area contributed by atoms with Gasteiger partial charge in [-0.1, -0.05) is 0 Å². The van der Waals surface area contributed by atoms with Gasteiger partial charge in [0.15, 0.2) is 0 Å². The fourth-order valence-electron chi connectivity index (χ4n) is 3.70. The quantitative estimate of drug-likeness (QED) is 0.738. The first-order valence-electron chi connectivity index (χ1n) is 9.95. The molecule has 3 amide bonds. The van der Waals surface area contributed by atoms with Crippen LogP contribution in [0.2, 0.25) is 0 Å². The lowest BCUT2D eigenvalue weighted by Crippen LogP contribution is -2.36. The van der Waals surface area contributed by atoms with Crippen LogP contribution in [0.5, 0.6) is 0 Å². The number of anilines is 4. The number of rotatable bonds is 5. The van der Waals surface area contributed by atoms with Gasteiger partial charge in [0.2, 0.25) is 11.8 Å². The molecule has 0 aromatic heterocycles. The van der Waals surface area contributed by atoms with E-state index in [0.717, 1.165) is 37.7 Å². The third-order valence-electron chi connectivity index (χ3n) is 5.18. The highest BCUT2D eigenvalue weighted by molar-refractivity contribution is 6.23. The van der Waals surface area contributed by atoms with E-state index in [1.54, 1.807) is 24.3 Å². The molecule has 2 aliphatic heterocycles. The van der Waals surface area contributed by atoms with Crippen LogP contribution >= 0.6 is 0 Å². The number of benzene rings is 2. The van der Waals surface area contributed by atoms with Crippen molar-refractivity contribution in [3.63, 3.8) is 0 Å². The fraction of sp³-hybridized carbons (Fsp3) is 0.318. The van der Waals surface area contributed by atoms with Gasteiger partial charge in [-0.25, -0.2) is 4.90 Å². The zero-order valence-electron chi connectivity index (χ0n) is 16.8. The largest absolute Gasteiger partial charge is 0.378 e. The summed E-state index contributed by atoms with van der Waals surface area (Å²) in [5.74, 6) is -0.723. The van der Waals surface area contributed by atoms with Crippen LogP contribution in [0.15, 0.2) is 48.5 Å². The van der Waals surface area contributed by atoms with Gasteiger partial charge < -0.3 is 20.3 Å². The first-order chi connectivity index (χ1) is 14.5. The zero-order valence-corrected chi connectivity index (χ0v) is 16.8. The third-order valence-corrected chi connectivity index (χ3v) is 5.18. The Labute approximate surface area is 174 Å². The maximum atomic E-state index is 12.8. The Morgan fingerprint density at radius 1 is 0.933 bits per heavy atom. The summed E-state index contributed by atoms with van der Waals surface area (Å²) in [5.41, 5.74) is 3.01. The maximum absolute atomic E-state index is 12.8. The van der Waals surface area contributed by atoms with E-state index in [0.29, 0.717) is 11.4 Å². The highest BCUT2D eigenvalue weighted by Crippen LogP contribution is 2.27. The number of carbonyl (C=O) groups excluding carboxylic acids is 3. The van der Waals surface area contributed by atoms with Gasteiger partial charge in [-0.05, 0) is 48.5 Å². The van der Waals surface area contributed by atoms with Gasteiger partial charge in [0, 0.05) is 37.1 Å². The highest BCUT2D eigenvalue weighted by atomic mass is 16.5. The normalized spacial score (nSPS) is 19.2. The Balaban J connectivity index is 1.42. The number of imide groups is 1. The van der Waals surface area contributed by atoms with E-state index in [-0.39, 0.29) is 24.1 Å². The van der Waals surface area contributed by atoms with Crippen LogP contribution in [0.3, 0.4) is 0 Å². The molecule has 0 aliphatic carbocycles. The average molecular weight is 408 g/mol. The van der Waals surface area contributed by atoms with Gasteiger partial charge in [0.25, 0.3) is 5.91 Å². The van der Waals surface area contributed by atoms with E-state index in [1.807, 2.05) is 24.3 Å². The minimum absolute atomic E-state index is 0.0947. The second-order valence-corrected chi connectivity index (χ2v) is 7.34. The van der Waals surface area contributed by atoms with Crippen molar-refractivity contribution in [2.24, 2.45) is 0 Å². The van der Waals surface area contributed by atoms with Crippen molar-refractivity contribution in [3.8, 4) is 0 Å². The van der Waals surface area contributed by atoms with Crippen molar-refractivity contribution in [2.75, 3.05) is 46.7 Å². The molecule has 2 N–H and O–H groups in total. The van der Waals surface area contributed by atoms with E-state index in [4.69, 9.17) is 4.74 Å². The van der Waals surface area contributed by atoms with Crippen molar-refractivity contribution in [1.82, 2.24) is 0 Å². The van der Waals surface area contributed by atoms with E-state index in [1.165, 1.54) is 11.8 Å². The lowest BCUT2D eigenvalue weighted by Gasteiger charge is -2.29. The molecule has 8 nitrogen and oxygen atoms in total. The SMILES string of the molecule is CC(=O)Nc1ccc(N2C(=O)CC(Nc3ccc(N4CCOCC4)cc3)C2=O)cc1. The maximum Gasteiger partial charge on any atom is 0.256 e. The molecule has 2 aromatic rings. The topological polar surface area (TPSA) is 91.0 Å². The number of hydrogen-bond acceptors (Lipinski definition) is 6. The number of nitrogens with one attached hydrogen (secondary N) is 2. The standard InChI is InChI=1S/C22H24N4O4/c1-15(27)23-16-4-8-19(9-5-16)26-21(28)14-20(22(26)29)24-17-2-6-18(7-3-17)25-10-12-30-13-11-25/h2-9,20,24H,10-14H2,1H3,(H,23,27). The number of ether oxygens (including phenoxy) is 1. The Morgan fingerprint density at radius 3 is 2.17 bits per heavy atom. The zero-order chi connectivity index (χ0) is 21.1. The lowest BCUT2D eigenvalue weighted by atomic mass is 10.2. The van der Waals surface area contributed by atoms with Crippen LogP contribution in [-0.2, 0) is 19.1 Å². The predicted octanol–water partition coefficient (Wildman–Crippen LogP) is 2.23. The molecule has 0 spiro atoms. The van der Waals surface area contributed by atoms with Gasteiger partial charge in [-0.3, -0.25) is 14.4 Å². The van der Waals surface area contributed by atoms with Gasteiger partial charge in [0.1, 0.15) is 6.04 Å². The molecule has 0 radical (unpaired) electrons. The second kappa shape index (κ2) is 8.54. The van der Waals surface area contributed by atoms with Crippen molar-refractivity contribution < 1.29 is 19.1 Å². The summed E-state index contributed by atoms with van der Waals surface area (Å²) in [5, 5.41) is 5.84. The van der Waals surface area contributed by atoms with Gasteiger partial charge in [-0.2, -0.15) is 0 Å². The van der Waals surface area contributed by atoms with Crippen molar-refractivity contribution in [1.29, 1.82) is 0 Å². The molecule has 2 saturated heterocycles. The Morgan fingerprint density at radius 2 is 1.53 bits per heavy atom. The van der Waals surface area contributed by atoms with Gasteiger partial charge >= 0.3 is 0 Å². The van der Waals surface area contributed by atoms with Crippen LogP contribution in [-0.4, -0.2) is 50.1 Å². The summed E-state index contributed by atoms with van der Waals surface area (Å²) in [6, 6.07) is 13.9. The predicted molar refractivity (Wildman–Crippen MR) is 115 cm³/mol. The van der Waals surface area contributed by atoms with Gasteiger partial charge in [0.05, 0.1) is 25.3 Å². The Hall–Kier alpha value is -3.39. The minimum atomic E-state index is -0.609. The average Bonchev–Trinajstić information content (AvgIpc) is 3.02. The second-order valence-electron chi connectivity index (χ2n) is 7.34. The smallest absolute Gasteiger partial charge is 0.256 e. The fourth-order valence-corrected chi connectivity index (χ4v) is 3.70. The molecule has 2 fully saturated rings. The summed E-state index contributed by atoms with van der Waals surface area (Å²) in [7, 11) is 0. The number of amides is 3. The molecule has 2 heterocycles. The van der Waals surface area contributed by atoms with Crippen LogP contribution in [0.4, 0.5) is 22.7 Å². The number of carbonyl (C=O) groups is 3. The van der Waals surface area contributed by atoms with E-state index < -0.39 is 6.04 Å². The van der Waals surface area contributed by atoms with Crippen molar-refractivity contribution >= 4 is 40.5 Å². The van der Waals surface area contributed by atoms with E-state index in [2.05, 4.69) is 15.5 Å². The molecule has 30 heavy (non-hydrogen) atoms. The highest BCUT2D eigenvalue weighted by Gasteiger charge is 2.39. The first kappa shape index (κ1) is 19.9.